The zero-order valence-corrected chi connectivity index (χ0v) is 34.8. The van der Waals surface area contributed by atoms with E-state index in [-0.39, 0.29) is 28.7 Å². The first kappa shape index (κ1) is 37.0. The number of pyridine rings is 1. The fraction of sp³-hybridized carbons (Fsp3) is 0.250. The molecular formula is C48H46BrClN4O. The Kier molecular flexibility index (Phi) is 9.01. The molecule has 9 rings (SSSR count). The first-order valence-corrected chi connectivity index (χ1v) is 19.7. The second-order valence-corrected chi connectivity index (χ2v) is 18.1. The molecule has 55 heavy (non-hydrogen) atoms. The fourth-order valence-electron chi connectivity index (χ4n) is 8.37. The molecule has 0 fully saturated rings. The van der Waals surface area contributed by atoms with Gasteiger partial charge in [-0.2, -0.15) is 9.13 Å². The molecule has 1 aliphatic rings. The summed E-state index contributed by atoms with van der Waals surface area (Å²) >= 11 is 4.01. The summed E-state index contributed by atoms with van der Waals surface area (Å²) in [5, 5.41) is 2.35. The summed E-state index contributed by atoms with van der Waals surface area (Å²) in [5.41, 5.74) is 11.0. The van der Waals surface area contributed by atoms with E-state index in [9.17, 15) is 0 Å². The molecule has 0 amide bonds. The number of aromatic nitrogens is 4. The van der Waals surface area contributed by atoms with Gasteiger partial charge in [-0.3, -0.25) is 4.57 Å². The molecule has 0 N–H and O–H groups in total. The van der Waals surface area contributed by atoms with Gasteiger partial charge in [0.05, 0.1) is 15.5 Å². The van der Waals surface area contributed by atoms with E-state index < -0.39 is 0 Å². The van der Waals surface area contributed by atoms with Gasteiger partial charge in [0.25, 0.3) is 6.33 Å². The first-order valence-electron chi connectivity index (χ1n) is 18.9. The van der Waals surface area contributed by atoms with Crippen LogP contribution < -0.4 is 21.7 Å². The Labute approximate surface area is 338 Å². The minimum atomic E-state index is 0. The quantitative estimate of drug-likeness (QED) is 0.163. The average Bonchev–Trinajstić information content (AvgIpc) is 3.69. The third kappa shape index (κ3) is 6.33. The van der Waals surface area contributed by atoms with Gasteiger partial charge in [0.2, 0.25) is 0 Å². The van der Waals surface area contributed by atoms with Crippen molar-refractivity contribution in [2.75, 3.05) is 0 Å². The van der Waals surface area contributed by atoms with Crippen molar-refractivity contribution in [3.63, 3.8) is 0 Å². The third-order valence-electron chi connectivity index (χ3n) is 11.6. The zero-order valence-electron chi connectivity index (χ0n) is 32.5. The highest BCUT2D eigenvalue weighted by Crippen LogP contribution is 2.47. The Balaban J connectivity index is 0.00000427. The van der Waals surface area contributed by atoms with Crippen LogP contribution >= 0.6 is 15.9 Å². The highest BCUT2D eigenvalue weighted by atomic mass is 79.9. The van der Waals surface area contributed by atoms with Crippen LogP contribution in [0.2, 0.25) is 0 Å². The van der Waals surface area contributed by atoms with E-state index in [0.717, 1.165) is 55.2 Å². The molecule has 0 unspecified atom stereocenters. The number of rotatable bonds is 5. The second-order valence-electron chi connectivity index (χ2n) is 17.2. The SMILES string of the molecule is CC(C)(C)c1ccnc(-n2c3ccccc3c3ccc(Oc4cccc(-n5c[n+](-c6cc7c(cc6Br)C(C)(C)CCC7(C)C)c6ccccc65)c4)cc32)c1.[Cl-]. The minimum Gasteiger partial charge on any atom is -1.00 e. The lowest BCUT2D eigenvalue weighted by Gasteiger charge is -2.42. The lowest BCUT2D eigenvalue weighted by atomic mass is 9.63. The van der Waals surface area contributed by atoms with Gasteiger partial charge >= 0.3 is 0 Å². The normalized spacial score (nSPS) is 14.9. The number of benzene rings is 5. The molecule has 0 atom stereocenters. The predicted molar refractivity (Wildman–Crippen MR) is 225 cm³/mol. The van der Waals surface area contributed by atoms with Crippen molar-refractivity contribution in [1.29, 1.82) is 0 Å². The Bertz CT molecular complexity index is 2770. The topological polar surface area (TPSA) is 35.9 Å². The standard InChI is InChI=1S/C48H46BrN4O.ClH/c1-46(2,3)31-21-24-50-45(25-31)53-40-16-9-8-15-35(40)36-20-19-34(27-43(36)53)54-33-14-12-13-32(26-33)51-30-52(42-18-11-10-17-41(42)51)44-29-38-37(28-39(44)49)47(4,5)22-23-48(38,6)7;/h8-21,24-30H,22-23H2,1-7H3;1H/q+1;/p-1. The van der Waals surface area contributed by atoms with E-state index in [1.807, 2.05) is 12.3 Å². The maximum absolute atomic E-state index is 6.68. The van der Waals surface area contributed by atoms with E-state index in [1.165, 1.54) is 40.3 Å². The maximum atomic E-state index is 6.68. The Morgan fingerprint density at radius 1 is 0.691 bits per heavy atom. The Morgan fingerprint density at radius 2 is 1.36 bits per heavy atom. The van der Waals surface area contributed by atoms with Crippen LogP contribution in [0.25, 0.3) is 50.0 Å². The molecule has 8 aromatic rings. The molecule has 0 radical (unpaired) electrons. The molecule has 5 aromatic carbocycles. The van der Waals surface area contributed by atoms with Crippen LogP contribution in [0.15, 0.2) is 132 Å². The molecule has 0 saturated heterocycles. The van der Waals surface area contributed by atoms with Gasteiger partial charge in [-0.25, -0.2) is 4.98 Å². The molecular weight excluding hydrogens is 764 g/mol. The van der Waals surface area contributed by atoms with Crippen LogP contribution in [0.4, 0.5) is 0 Å². The van der Waals surface area contributed by atoms with Gasteiger partial charge < -0.3 is 17.1 Å². The van der Waals surface area contributed by atoms with Crippen molar-refractivity contribution < 1.29 is 21.7 Å². The Hall–Kier alpha value is -4.91. The van der Waals surface area contributed by atoms with Crippen LogP contribution in [0, 0.1) is 0 Å². The van der Waals surface area contributed by atoms with E-state index in [2.05, 4.69) is 194 Å². The number of hydrogen-bond acceptors (Lipinski definition) is 2. The van der Waals surface area contributed by atoms with Crippen LogP contribution in [0.1, 0.15) is 78.0 Å². The summed E-state index contributed by atoms with van der Waals surface area (Å²) in [4.78, 5) is 4.86. The second kappa shape index (κ2) is 13.4. The molecule has 0 spiro atoms. The monoisotopic (exact) mass is 808 g/mol. The van der Waals surface area contributed by atoms with E-state index >= 15 is 0 Å². The molecule has 0 aliphatic heterocycles. The number of halogens is 2. The molecule has 5 nitrogen and oxygen atoms in total. The number of nitrogens with zero attached hydrogens (tertiary/aromatic N) is 4. The summed E-state index contributed by atoms with van der Waals surface area (Å²) in [6.45, 7) is 16.2. The summed E-state index contributed by atoms with van der Waals surface area (Å²) in [7, 11) is 0. The number of imidazole rings is 1. The van der Waals surface area contributed by atoms with Crippen LogP contribution in [-0.4, -0.2) is 14.1 Å². The maximum Gasteiger partial charge on any atom is 0.255 e. The van der Waals surface area contributed by atoms with Crippen molar-refractivity contribution in [3.05, 3.63) is 149 Å². The van der Waals surface area contributed by atoms with Crippen molar-refractivity contribution >= 4 is 48.8 Å². The predicted octanol–water partition coefficient (Wildman–Crippen LogP) is 9.60. The van der Waals surface area contributed by atoms with Gasteiger partial charge in [0, 0.05) is 29.1 Å². The minimum absolute atomic E-state index is 0. The van der Waals surface area contributed by atoms with Gasteiger partial charge in [0.1, 0.15) is 28.7 Å². The summed E-state index contributed by atoms with van der Waals surface area (Å²) in [6.07, 6.45) is 6.48. The smallest absolute Gasteiger partial charge is 0.255 e. The van der Waals surface area contributed by atoms with Gasteiger partial charge in [0.15, 0.2) is 11.0 Å². The van der Waals surface area contributed by atoms with Crippen molar-refractivity contribution in [2.24, 2.45) is 0 Å². The van der Waals surface area contributed by atoms with Crippen molar-refractivity contribution in [2.45, 2.75) is 77.6 Å². The summed E-state index contributed by atoms with van der Waals surface area (Å²) in [6, 6.07) is 41.0. The fourth-order valence-corrected chi connectivity index (χ4v) is 8.91. The largest absolute Gasteiger partial charge is 1.00 e. The Morgan fingerprint density at radius 3 is 2.13 bits per heavy atom. The highest BCUT2D eigenvalue weighted by molar-refractivity contribution is 9.10. The number of fused-ring (bicyclic) bond motifs is 5. The number of ether oxygens (including phenoxy) is 1. The molecule has 7 heteroatoms. The molecule has 0 saturated carbocycles. The lowest BCUT2D eigenvalue weighted by Crippen LogP contribution is -3.00. The van der Waals surface area contributed by atoms with E-state index in [4.69, 9.17) is 9.72 Å². The third-order valence-corrected chi connectivity index (χ3v) is 12.3. The summed E-state index contributed by atoms with van der Waals surface area (Å²) < 4.78 is 14.6. The molecule has 1 aliphatic carbocycles. The van der Waals surface area contributed by atoms with Crippen molar-refractivity contribution in [1.82, 2.24) is 14.1 Å². The molecule has 278 valence electrons. The van der Waals surface area contributed by atoms with Crippen LogP contribution in [0.3, 0.4) is 0 Å². The molecule has 3 heterocycles. The highest BCUT2D eigenvalue weighted by Gasteiger charge is 2.38. The van der Waals surface area contributed by atoms with E-state index in [0.29, 0.717) is 0 Å². The average molecular weight is 810 g/mol. The lowest BCUT2D eigenvalue weighted by molar-refractivity contribution is -0.568. The van der Waals surface area contributed by atoms with Gasteiger partial charge in [-0.05, 0) is 128 Å². The molecule has 0 bridgehead atoms. The van der Waals surface area contributed by atoms with Gasteiger partial charge in [-0.15, -0.1) is 0 Å². The zero-order chi connectivity index (χ0) is 37.6. The number of para-hydroxylation sites is 3. The van der Waals surface area contributed by atoms with E-state index in [1.54, 1.807) is 0 Å². The summed E-state index contributed by atoms with van der Waals surface area (Å²) in [5.74, 6) is 2.44. The molecule has 3 aromatic heterocycles. The van der Waals surface area contributed by atoms with Crippen LogP contribution in [-0.2, 0) is 16.2 Å². The number of hydrogen-bond donors (Lipinski definition) is 0. The van der Waals surface area contributed by atoms with Crippen LogP contribution in [0.5, 0.6) is 11.5 Å². The van der Waals surface area contributed by atoms with Gasteiger partial charge in [-0.1, -0.05) is 84.9 Å². The first-order chi connectivity index (χ1) is 25.8. The van der Waals surface area contributed by atoms with Crippen molar-refractivity contribution in [3.8, 4) is 28.7 Å².